The maximum absolute atomic E-state index is 12.8. The van der Waals surface area contributed by atoms with Gasteiger partial charge in [0.1, 0.15) is 23.9 Å². The first-order chi connectivity index (χ1) is 14.9. The second-order valence-electron chi connectivity index (χ2n) is 7.98. The van der Waals surface area contributed by atoms with Crippen LogP contribution >= 0.6 is 12.6 Å². The van der Waals surface area contributed by atoms with Gasteiger partial charge in [-0.25, -0.2) is 0 Å². The van der Waals surface area contributed by atoms with Crippen molar-refractivity contribution in [1.82, 2.24) is 16.0 Å². The first-order valence-corrected chi connectivity index (χ1v) is 10.9. The van der Waals surface area contributed by atoms with Gasteiger partial charge in [-0.1, -0.05) is 26.0 Å². The number of benzene rings is 1. The minimum atomic E-state index is -1.21. The van der Waals surface area contributed by atoms with Gasteiger partial charge in [-0.15, -0.1) is 0 Å². The van der Waals surface area contributed by atoms with E-state index < -0.39 is 47.9 Å². The van der Waals surface area contributed by atoms with Gasteiger partial charge in [0, 0.05) is 5.75 Å². The van der Waals surface area contributed by atoms with Gasteiger partial charge in [0.2, 0.25) is 17.7 Å². The number of carboxylic acid groups (broad SMARTS) is 1. The Balaban J connectivity index is 2.81. The number of nitrogens with two attached hydrogens (primary N) is 1. The third-order valence-corrected chi connectivity index (χ3v) is 4.98. The highest BCUT2D eigenvalue weighted by Gasteiger charge is 2.29. The molecular weight excluding hydrogens is 436 g/mol. The lowest BCUT2D eigenvalue weighted by atomic mass is 10.0. The standard InChI is InChI=1S/C21H32N4O6S/c1-11(2)8-16(19(28)25-17(10-32)20(29)23-12(3)21(30)31)24-18(27)15(22)9-13-4-6-14(26)7-5-13/h4-7,11-12,15-17,26,32H,8-10,22H2,1-3H3,(H,23,29)(H,24,27)(H,25,28)(H,30,31). The zero-order valence-corrected chi connectivity index (χ0v) is 19.3. The van der Waals surface area contributed by atoms with Crippen LogP contribution in [0.15, 0.2) is 24.3 Å². The van der Waals surface area contributed by atoms with Gasteiger partial charge in [-0.05, 0) is 43.4 Å². The summed E-state index contributed by atoms with van der Waals surface area (Å²) in [6.45, 7) is 5.05. The number of thiol groups is 1. The molecule has 4 unspecified atom stereocenters. The molecule has 0 aliphatic carbocycles. The molecule has 0 aliphatic rings. The molecule has 11 heteroatoms. The third-order valence-electron chi connectivity index (χ3n) is 4.61. The summed E-state index contributed by atoms with van der Waals surface area (Å²) < 4.78 is 0. The van der Waals surface area contributed by atoms with Gasteiger partial charge in [-0.3, -0.25) is 19.2 Å². The van der Waals surface area contributed by atoms with Gasteiger partial charge in [0.15, 0.2) is 0 Å². The van der Waals surface area contributed by atoms with Crippen LogP contribution < -0.4 is 21.7 Å². The summed E-state index contributed by atoms with van der Waals surface area (Å²) in [5.41, 5.74) is 6.73. The number of rotatable bonds is 12. The Morgan fingerprint density at radius 1 is 0.938 bits per heavy atom. The average molecular weight is 469 g/mol. The lowest BCUT2D eigenvalue weighted by Crippen LogP contribution is -2.57. The van der Waals surface area contributed by atoms with Crippen LogP contribution in [0.4, 0.5) is 0 Å². The Labute approximate surface area is 192 Å². The molecule has 0 aromatic heterocycles. The summed E-state index contributed by atoms with van der Waals surface area (Å²) in [4.78, 5) is 48.6. The first-order valence-electron chi connectivity index (χ1n) is 10.2. The molecular formula is C21H32N4O6S. The van der Waals surface area contributed by atoms with Crippen LogP contribution in [0.3, 0.4) is 0 Å². The minimum absolute atomic E-state index is 0.0506. The molecule has 0 heterocycles. The molecule has 0 radical (unpaired) electrons. The smallest absolute Gasteiger partial charge is 0.325 e. The maximum atomic E-state index is 12.8. The summed E-state index contributed by atoms with van der Waals surface area (Å²) in [5.74, 6) is -2.95. The molecule has 4 atom stereocenters. The van der Waals surface area contributed by atoms with Gasteiger partial charge >= 0.3 is 5.97 Å². The van der Waals surface area contributed by atoms with Crippen LogP contribution in [0, 0.1) is 5.92 Å². The molecule has 1 rings (SSSR count). The van der Waals surface area contributed by atoms with Crippen molar-refractivity contribution in [1.29, 1.82) is 0 Å². The number of aromatic hydroxyl groups is 1. The SMILES string of the molecule is CC(C)CC(NC(=O)C(N)Cc1ccc(O)cc1)C(=O)NC(CS)C(=O)NC(C)C(=O)O. The van der Waals surface area contributed by atoms with Crippen molar-refractivity contribution in [2.45, 2.75) is 57.8 Å². The van der Waals surface area contributed by atoms with Crippen molar-refractivity contribution in [2.75, 3.05) is 5.75 Å². The van der Waals surface area contributed by atoms with Crippen molar-refractivity contribution in [3.63, 3.8) is 0 Å². The van der Waals surface area contributed by atoms with Crippen molar-refractivity contribution in [3.05, 3.63) is 29.8 Å². The lowest BCUT2D eigenvalue weighted by Gasteiger charge is -2.25. The number of hydrogen-bond donors (Lipinski definition) is 7. The number of aliphatic carboxylic acids is 1. The van der Waals surface area contributed by atoms with E-state index in [1.807, 2.05) is 13.8 Å². The van der Waals surface area contributed by atoms with Crippen LogP contribution in [0.5, 0.6) is 5.75 Å². The van der Waals surface area contributed by atoms with E-state index in [0.717, 1.165) is 5.56 Å². The molecule has 3 amide bonds. The predicted molar refractivity (Wildman–Crippen MR) is 122 cm³/mol. The molecule has 10 nitrogen and oxygen atoms in total. The van der Waals surface area contributed by atoms with Gasteiger partial charge in [0.25, 0.3) is 0 Å². The Morgan fingerprint density at radius 2 is 1.47 bits per heavy atom. The number of nitrogens with one attached hydrogen (secondary N) is 3. The molecule has 0 saturated carbocycles. The van der Waals surface area contributed by atoms with Gasteiger partial charge < -0.3 is 31.9 Å². The Kier molecular flexibility index (Phi) is 11.0. The fourth-order valence-electron chi connectivity index (χ4n) is 2.80. The maximum Gasteiger partial charge on any atom is 0.325 e. The number of carbonyl (C=O) groups is 4. The number of carbonyl (C=O) groups excluding carboxylic acids is 3. The number of phenolic OH excluding ortho intramolecular Hbond substituents is 1. The molecule has 0 saturated heterocycles. The zero-order valence-electron chi connectivity index (χ0n) is 18.4. The van der Waals surface area contributed by atoms with E-state index in [-0.39, 0.29) is 23.8 Å². The van der Waals surface area contributed by atoms with E-state index in [1.165, 1.54) is 19.1 Å². The normalized spacial score (nSPS) is 14.7. The number of carboxylic acids is 1. The molecule has 0 spiro atoms. The van der Waals surface area contributed by atoms with Gasteiger partial charge in [0.05, 0.1) is 6.04 Å². The second-order valence-corrected chi connectivity index (χ2v) is 8.35. The minimum Gasteiger partial charge on any atom is -0.508 e. The summed E-state index contributed by atoms with van der Waals surface area (Å²) in [6, 6.07) is 2.19. The van der Waals surface area contributed by atoms with Crippen LogP contribution in [-0.2, 0) is 25.6 Å². The van der Waals surface area contributed by atoms with Gasteiger partial charge in [-0.2, -0.15) is 12.6 Å². The van der Waals surface area contributed by atoms with E-state index in [2.05, 4.69) is 28.6 Å². The van der Waals surface area contributed by atoms with E-state index in [4.69, 9.17) is 10.8 Å². The van der Waals surface area contributed by atoms with Crippen molar-refractivity contribution < 1.29 is 29.4 Å². The lowest BCUT2D eigenvalue weighted by molar-refractivity contribution is -0.141. The van der Waals surface area contributed by atoms with Crippen LogP contribution in [0.25, 0.3) is 0 Å². The molecule has 0 fully saturated rings. The summed E-state index contributed by atoms with van der Waals surface area (Å²) in [6.07, 6.45) is 0.507. The van der Waals surface area contributed by atoms with Crippen molar-refractivity contribution in [2.24, 2.45) is 11.7 Å². The second kappa shape index (κ2) is 12.9. The monoisotopic (exact) mass is 468 g/mol. The number of amides is 3. The Hall–Kier alpha value is -2.79. The fourth-order valence-corrected chi connectivity index (χ4v) is 3.06. The molecule has 32 heavy (non-hydrogen) atoms. The Morgan fingerprint density at radius 3 is 1.97 bits per heavy atom. The summed E-state index contributed by atoms with van der Waals surface area (Å²) in [5, 5.41) is 25.7. The van der Waals surface area contributed by atoms with E-state index >= 15 is 0 Å². The van der Waals surface area contributed by atoms with E-state index in [9.17, 15) is 24.3 Å². The summed E-state index contributed by atoms with van der Waals surface area (Å²) in [7, 11) is 0. The highest BCUT2D eigenvalue weighted by atomic mass is 32.1. The molecule has 0 bridgehead atoms. The third kappa shape index (κ3) is 9.15. The summed E-state index contributed by atoms with van der Waals surface area (Å²) >= 11 is 4.06. The predicted octanol–water partition coefficient (Wildman–Crippen LogP) is -0.203. The highest BCUT2D eigenvalue weighted by Crippen LogP contribution is 2.11. The fraction of sp³-hybridized carbons (Fsp3) is 0.524. The highest BCUT2D eigenvalue weighted by molar-refractivity contribution is 7.80. The first kappa shape index (κ1) is 27.2. The number of hydrogen-bond acceptors (Lipinski definition) is 7. The molecule has 178 valence electrons. The Bertz CT molecular complexity index is 802. The van der Waals surface area contributed by atoms with Crippen LogP contribution in [-0.4, -0.2) is 63.8 Å². The topological polar surface area (TPSA) is 171 Å². The average Bonchev–Trinajstić information content (AvgIpc) is 2.72. The molecule has 7 N–H and O–H groups in total. The van der Waals surface area contributed by atoms with Crippen LogP contribution in [0.1, 0.15) is 32.8 Å². The molecule has 0 aliphatic heterocycles. The van der Waals surface area contributed by atoms with E-state index in [1.54, 1.807) is 12.1 Å². The van der Waals surface area contributed by atoms with Crippen molar-refractivity contribution >= 4 is 36.3 Å². The van der Waals surface area contributed by atoms with Crippen LogP contribution in [0.2, 0.25) is 0 Å². The quantitative estimate of drug-likeness (QED) is 0.208. The largest absolute Gasteiger partial charge is 0.508 e. The molecule has 1 aromatic rings. The van der Waals surface area contributed by atoms with E-state index in [0.29, 0.717) is 6.42 Å². The zero-order chi connectivity index (χ0) is 24.4. The number of phenols is 1. The van der Waals surface area contributed by atoms with Crippen molar-refractivity contribution in [3.8, 4) is 5.75 Å². The molecule has 1 aromatic carbocycles.